The van der Waals surface area contributed by atoms with E-state index in [0.717, 1.165) is 6.92 Å². The van der Waals surface area contributed by atoms with E-state index in [1.807, 2.05) is 0 Å². The number of nitrogens with one attached hydrogen (secondary N) is 1. The van der Waals surface area contributed by atoms with E-state index in [4.69, 9.17) is 33.2 Å². The van der Waals surface area contributed by atoms with Gasteiger partial charge in [0.15, 0.2) is 25.2 Å². The number of carbonyl (C=O) groups excluding carboxylic acids is 1. The third kappa shape index (κ3) is 8.96. The lowest BCUT2D eigenvalue weighted by atomic mass is 9.94. The topological polar surface area (TPSA) is 391 Å². The number of hydrogen-bond donors (Lipinski definition) is 14. The van der Waals surface area contributed by atoms with Crippen LogP contribution in [0.1, 0.15) is 6.92 Å². The van der Waals surface area contributed by atoms with E-state index in [1.165, 1.54) is 0 Å². The molecule has 4 aliphatic rings. The lowest BCUT2D eigenvalue weighted by Gasteiger charge is -2.50. The molecule has 0 radical (unpaired) electrons. The number of aliphatic hydroxyl groups is 12. The van der Waals surface area contributed by atoms with Crippen molar-refractivity contribution >= 4 is 16.0 Å². The fraction of sp³-hybridized carbons (Fsp3) is 0.962. The smallest absolute Gasteiger partial charge is 0.273 e. The van der Waals surface area contributed by atoms with E-state index >= 15 is 0 Å². The number of aliphatic hydroxyl groups excluding tert-OH is 12. The zero-order valence-electron chi connectivity index (χ0n) is 26.7. The third-order valence-electron chi connectivity index (χ3n) is 8.92. The first-order valence-electron chi connectivity index (χ1n) is 15.6. The van der Waals surface area contributed by atoms with Crippen LogP contribution in [0.5, 0.6) is 0 Å². The molecule has 51 heavy (non-hydrogen) atoms. The Kier molecular flexibility index (Phi) is 14.4. The van der Waals surface area contributed by atoms with Gasteiger partial charge in [-0.1, -0.05) is 0 Å². The summed E-state index contributed by atoms with van der Waals surface area (Å²) in [7, 11) is -5.23. The first kappa shape index (κ1) is 42.4. The van der Waals surface area contributed by atoms with Gasteiger partial charge in [-0.15, -0.1) is 0 Å². The minimum atomic E-state index is -5.23. The van der Waals surface area contributed by atoms with Gasteiger partial charge in [-0.3, -0.25) is 9.35 Å². The molecule has 0 bridgehead atoms. The summed E-state index contributed by atoms with van der Waals surface area (Å²) in [6, 6.07) is -1.72. The molecule has 14 N–H and O–H groups in total. The van der Waals surface area contributed by atoms with Gasteiger partial charge in [0.1, 0.15) is 96.7 Å². The molecule has 4 fully saturated rings. The molecular weight excluding hydrogens is 726 g/mol. The number of amides is 1. The summed E-state index contributed by atoms with van der Waals surface area (Å²) in [5.41, 5.74) is 0. The lowest BCUT2D eigenvalue weighted by molar-refractivity contribution is -0.376. The van der Waals surface area contributed by atoms with Crippen LogP contribution in [0.3, 0.4) is 0 Å². The second kappa shape index (κ2) is 17.4. The van der Waals surface area contributed by atoms with Crippen molar-refractivity contribution in [3.05, 3.63) is 0 Å². The Morgan fingerprint density at radius 2 is 1.00 bits per heavy atom. The van der Waals surface area contributed by atoms with Crippen LogP contribution in [0.4, 0.5) is 0 Å². The quantitative estimate of drug-likeness (QED) is 0.0819. The standard InChI is InChI=1S/C26H45NO23S/c1-6(32)27-11-21(50-26-18(39)22(51(41,42)43)13(34)8(3-29)46-26)12(33)7(2-28)45-24(11)48-20-10(5-31)47-25(17(38)15(20)36)49-19-9(4-30)44-23(40)16(37)14(19)35/h7-26,28-31,33-40H,2-5H2,1H3,(H,27,32)(H,41,42,43)/t7-,8-,9-,10-,11-,12+,13+,14-,15-,16-,17-,18-,19-,20+,21-,22+,23-,24+,25+,26+/m1/s1. The fourth-order valence-electron chi connectivity index (χ4n) is 6.28. The van der Waals surface area contributed by atoms with Crippen LogP contribution in [0.25, 0.3) is 0 Å². The summed E-state index contributed by atoms with van der Waals surface area (Å²) in [6.07, 6.45) is -34.2. The van der Waals surface area contributed by atoms with Crippen LogP contribution in [-0.2, 0) is 48.1 Å². The van der Waals surface area contributed by atoms with E-state index in [2.05, 4.69) is 5.32 Å². The molecule has 0 aromatic heterocycles. The maximum Gasteiger partial charge on any atom is 0.273 e. The lowest BCUT2D eigenvalue weighted by Crippen LogP contribution is -2.70. The molecule has 20 atom stereocenters. The molecule has 0 unspecified atom stereocenters. The Labute approximate surface area is 289 Å². The number of carbonyl (C=O) groups is 1. The van der Waals surface area contributed by atoms with Crippen LogP contribution >= 0.6 is 0 Å². The van der Waals surface area contributed by atoms with Crippen molar-refractivity contribution in [3.63, 3.8) is 0 Å². The van der Waals surface area contributed by atoms with E-state index in [0.29, 0.717) is 0 Å². The molecule has 0 spiro atoms. The molecule has 25 heteroatoms. The molecule has 0 aliphatic carbocycles. The zero-order valence-corrected chi connectivity index (χ0v) is 27.5. The average molecular weight is 772 g/mol. The molecule has 298 valence electrons. The van der Waals surface area contributed by atoms with Gasteiger partial charge in [0.2, 0.25) is 5.91 Å². The van der Waals surface area contributed by atoms with Crippen molar-refractivity contribution in [1.82, 2.24) is 5.32 Å². The van der Waals surface area contributed by atoms with Crippen molar-refractivity contribution in [2.24, 2.45) is 0 Å². The highest BCUT2D eigenvalue weighted by Gasteiger charge is 2.57. The number of rotatable bonds is 12. The second-order valence-corrected chi connectivity index (χ2v) is 13.9. The summed E-state index contributed by atoms with van der Waals surface area (Å²) >= 11 is 0. The molecule has 4 heterocycles. The van der Waals surface area contributed by atoms with Gasteiger partial charge >= 0.3 is 0 Å². The molecule has 0 aromatic carbocycles. The minimum Gasteiger partial charge on any atom is -0.394 e. The Balaban J connectivity index is 1.59. The Hall–Kier alpha value is -1.38. The van der Waals surface area contributed by atoms with Gasteiger partial charge in [0.25, 0.3) is 10.1 Å². The van der Waals surface area contributed by atoms with Gasteiger partial charge in [-0.2, -0.15) is 8.42 Å². The Morgan fingerprint density at radius 3 is 1.53 bits per heavy atom. The summed E-state index contributed by atoms with van der Waals surface area (Å²) in [5.74, 6) is -0.836. The largest absolute Gasteiger partial charge is 0.394 e. The summed E-state index contributed by atoms with van der Waals surface area (Å²) < 4.78 is 72.1. The van der Waals surface area contributed by atoms with E-state index in [9.17, 15) is 79.0 Å². The van der Waals surface area contributed by atoms with Gasteiger partial charge in [0.05, 0.1) is 26.4 Å². The monoisotopic (exact) mass is 771 g/mol. The van der Waals surface area contributed by atoms with Crippen molar-refractivity contribution in [1.29, 1.82) is 0 Å². The van der Waals surface area contributed by atoms with Gasteiger partial charge < -0.3 is 99.8 Å². The van der Waals surface area contributed by atoms with E-state index < -0.39 is 164 Å². The van der Waals surface area contributed by atoms with Crippen LogP contribution in [0.15, 0.2) is 0 Å². The number of hydrogen-bond acceptors (Lipinski definition) is 22. The second-order valence-electron chi connectivity index (χ2n) is 12.4. The van der Waals surface area contributed by atoms with E-state index in [1.54, 1.807) is 0 Å². The van der Waals surface area contributed by atoms with E-state index in [-0.39, 0.29) is 0 Å². The first-order valence-corrected chi connectivity index (χ1v) is 17.1. The van der Waals surface area contributed by atoms with Crippen molar-refractivity contribution in [3.8, 4) is 0 Å². The number of ether oxygens (including phenoxy) is 7. The molecular formula is C26H45NO23S. The highest BCUT2D eigenvalue weighted by atomic mass is 32.2. The van der Waals surface area contributed by atoms with Crippen LogP contribution in [-0.4, -0.2) is 228 Å². The molecule has 24 nitrogen and oxygen atoms in total. The van der Waals surface area contributed by atoms with Crippen molar-refractivity contribution < 1.29 is 112 Å². The van der Waals surface area contributed by atoms with Crippen LogP contribution < -0.4 is 5.32 Å². The maximum absolute atomic E-state index is 12.3. The first-order chi connectivity index (χ1) is 23.9. The highest BCUT2D eigenvalue weighted by molar-refractivity contribution is 7.86. The molecule has 4 aliphatic heterocycles. The fourth-order valence-corrected chi connectivity index (χ4v) is 7.29. The summed E-state index contributed by atoms with van der Waals surface area (Å²) in [6.45, 7) is -2.84. The molecule has 4 saturated heterocycles. The molecule has 0 aromatic rings. The Bertz CT molecular complexity index is 1250. The Morgan fingerprint density at radius 1 is 0.569 bits per heavy atom. The minimum absolute atomic E-state index is 0.836. The SMILES string of the molecule is CC(=O)N[C@H]1[C@H](O[C@@H]2[C@H](O)[C@@H](O)[C@H](O[C@H]3[C@H](O)[C@@H](O)[C@H](O)O[C@@H]3CO)O[C@@H]2CO)O[C@H](CO)[C@H](O)[C@@H]1O[C@@H]1O[C@H](CO)[C@H](O)[C@H](S(=O)(=O)O)[C@H]1O. The maximum atomic E-state index is 12.3. The molecule has 1 amide bonds. The van der Waals surface area contributed by atoms with Gasteiger partial charge in [-0.25, -0.2) is 0 Å². The van der Waals surface area contributed by atoms with Crippen molar-refractivity contribution in [2.75, 3.05) is 26.4 Å². The molecule has 4 rings (SSSR count). The predicted octanol–water partition coefficient (Wildman–Crippen LogP) is -9.71. The summed E-state index contributed by atoms with van der Waals surface area (Å²) in [4.78, 5) is 12.3. The van der Waals surface area contributed by atoms with Crippen molar-refractivity contribution in [2.45, 2.75) is 129 Å². The molecule has 0 saturated carbocycles. The normalized spacial score (nSPS) is 48.3. The van der Waals surface area contributed by atoms with Crippen LogP contribution in [0.2, 0.25) is 0 Å². The van der Waals surface area contributed by atoms with Crippen LogP contribution in [0, 0.1) is 0 Å². The predicted molar refractivity (Wildman–Crippen MR) is 155 cm³/mol. The average Bonchev–Trinajstić information content (AvgIpc) is 3.06. The third-order valence-corrected chi connectivity index (χ3v) is 10.2. The zero-order chi connectivity index (χ0) is 38.1. The van der Waals surface area contributed by atoms with Gasteiger partial charge in [-0.05, 0) is 0 Å². The van der Waals surface area contributed by atoms with Gasteiger partial charge in [0, 0.05) is 6.92 Å². The summed E-state index contributed by atoms with van der Waals surface area (Å²) in [5, 5.41) is 124. The highest BCUT2D eigenvalue weighted by Crippen LogP contribution is 2.35.